The molecule has 0 saturated carbocycles. The van der Waals surface area contributed by atoms with Gasteiger partial charge in [-0.25, -0.2) is 4.98 Å². The van der Waals surface area contributed by atoms with Gasteiger partial charge in [0.15, 0.2) is 0 Å². The first kappa shape index (κ1) is 17.5. The van der Waals surface area contributed by atoms with E-state index in [0.29, 0.717) is 25.3 Å². The van der Waals surface area contributed by atoms with Crippen molar-refractivity contribution in [1.29, 1.82) is 0 Å². The molecule has 1 amide bonds. The van der Waals surface area contributed by atoms with Crippen molar-refractivity contribution in [3.05, 3.63) is 59.9 Å². The molecule has 140 valence electrons. The van der Waals surface area contributed by atoms with Gasteiger partial charge < -0.3 is 19.3 Å². The molecule has 1 N–H and O–H groups in total. The topological polar surface area (TPSA) is 67.6 Å². The molecule has 2 heterocycles. The highest BCUT2D eigenvalue weighted by Crippen LogP contribution is 2.28. The molecule has 27 heavy (non-hydrogen) atoms. The molecule has 1 atom stereocenters. The van der Waals surface area contributed by atoms with Crippen molar-refractivity contribution < 1.29 is 14.6 Å². The summed E-state index contributed by atoms with van der Waals surface area (Å²) >= 11 is 0. The summed E-state index contributed by atoms with van der Waals surface area (Å²) in [4.78, 5) is 18.8. The summed E-state index contributed by atoms with van der Waals surface area (Å²) in [5.74, 6) is 1.55. The Morgan fingerprint density at radius 1 is 1.26 bits per heavy atom. The molecular weight excluding hydrogens is 342 g/mol. The lowest BCUT2D eigenvalue weighted by molar-refractivity contribution is -0.131. The number of hydrogen-bond donors (Lipinski definition) is 1. The van der Waals surface area contributed by atoms with E-state index in [1.807, 2.05) is 54.1 Å². The number of aliphatic hydroxyl groups excluding tert-OH is 1. The summed E-state index contributed by atoms with van der Waals surface area (Å²) in [5.41, 5.74) is 2.96. The van der Waals surface area contributed by atoms with E-state index in [1.165, 1.54) is 5.56 Å². The Bertz CT molecular complexity index is 941. The van der Waals surface area contributed by atoms with Crippen LogP contribution in [-0.2, 0) is 24.4 Å². The Labute approximate surface area is 158 Å². The average Bonchev–Trinajstić information content (AvgIpc) is 3.26. The quantitative estimate of drug-likeness (QED) is 0.728. The molecule has 6 heteroatoms. The van der Waals surface area contributed by atoms with Gasteiger partial charge in [0.25, 0.3) is 0 Å². The highest BCUT2D eigenvalue weighted by Gasteiger charge is 2.25. The standard InChI is InChI=1S/C21H23N3O3/c1-23(13-16-12-15-6-2-5-9-19(15)27-16)21(26)10-11-24-18-8-4-3-7-17(18)22-20(24)14-25/h2-9,16,25H,10-14H2,1H3/t16-/m0/s1. The summed E-state index contributed by atoms with van der Waals surface area (Å²) in [6, 6.07) is 15.7. The predicted molar refractivity (Wildman–Crippen MR) is 102 cm³/mol. The van der Waals surface area contributed by atoms with Crippen LogP contribution in [0.5, 0.6) is 5.75 Å². The number of imidazole rings is 1. The number of rotatable bonds is 6. The molecule has 0 aliphatic carbocycles. The van der Waals surface area contributed by atoms with Crippen LogP contribution in [0.1, 0.15) is 17.8 Å². The second-order valence-electron chi connectivity index (χ2n) is 6.90. The third-order valence-electron chi connectivity index (χ3n) is 5.04. The largest absolute Gasteiger partial charge is 0.488 e. The SMILES string of the molecule is CN(C[C@@H]1Cc2ccccc2O1)C(=O)CCn1c(CO)nc2ccccc21. The molecule has 0 radical (unpaired) electrons. The minimum absolute atomic E-state index is 0.00146. The second kappa shape index (κ2) is 7.40. The maximum atomic E-state index is 12.6. The molecule has 0 saturated heterocycles. The normalized spacial score (nSPS) is 15.6. The Morgan fingerprint density at radius 2 is 2.04 bits per heavy atom. The maximum absolute atomic E-state index is 12.6. The second-order valence-corrected chi connectivity index (χ2v) is 6.90. The fourth-order valence-corrected chi connectivity index (χ4v) is 3.66. The zero-order chi connectivity index (χ0) is 18.8. The number of amides is 1. The van der Waals surface area contributed by atoms with E-state index < -0.39 is 0 Å². The molecule has 1 aliphatic rings. The molecule has 3 aromatic rings. The van der Waals surface area contributed by atoms with Crippen molar-refractivity contribution in [2.75, 3.05) is 13.6 Å². The van der Waals surface area contributed by atoms with Gasteiger partial charge in [0, 0.05) is 26.4 Å². The Kier molecular flexibility index (Phi) is 4.81. The molecule has 2 aromatic carbocycles. The van der Waals surface area contributed by atoms with Crippen molar-refractivity contribution in [1.82, 2.24) is 14.5 Å². The zero-order valence-corrected chi connectivity index (χ0v) is 15.3. The first-order chi connectivity index (χ1) is 13.2. The Hall–Kier alpha value is -2.86. The predicted octanol–water partition coefficient (Wildman–Crippen LogP) is 2.38. The fourth-order valence-electron chi connectivity index (χ4n) is 3.66. The zero-order valence-electron chi connectivity index (χ0n) is 15.3. The minimum Gasteiger partial charge on any atom is -0.488 e. The van der Waals surface area contributed by atoms with Crippen LogP contribution in [0.3, 0.4) is 0 Å². The maximum Gasteiger partial charge on any atom is 0.224 e. The number of aliphatic hydroxyl groups is 1. The highest BCUT2D eigenvalue weighted by molar-refractivity contribution is 5.78. The van der Waals surface area contributed by atoms with Gasteiger partial charge in [-0.3, -0.25) is 4.79 Å². The van der Waals surface area contributed by atoms with E-state index in [9.17, 15) is 9.90 Å². The van der Waals surface area contributed by atoms with Crippen molar-refractivity contribution in [3.8, 4) is 5.75 Å². The number of aromatic nitrogens is 2. The summed E-state index contributed by atoms with van der Waals surface area (Å²) in [7, 11) is 1.81. The number of fused-ring (bicyclic) bond motifs is 2. The van der Waals surface area contributed by atoms with Gasteiger partial charge in [0.1, 0.15) is 24.3 Å². The molecule has 1 aliphatic heterocycles. The Morgan fingerprint density at radius 3 is 2.85 bits per heavy atom. The lowest BCUT2D eigenvalue weighted by Gasteiger charge is -2.21. The summed E-state index contributed by atoms with van der Waals surface area (Å²) in [6.45, 7) is 0.906. The lowest BCUT2D eigenvalue weighted by Crippen LogP contribution is -2.36. The van der Waals surface area contributed by atoms with Crippen LogP contribution in [0.15, 0.2) is 48.5 Å². The first-order valence-corrected chi connectivity index (χ1v) is 9.19. The molecule has 1 aromatic heterocycles. The number of benzene rings is 2. The van der Waals surface area contributed by atoms with Crippen molar-refractivity contribution in [3.63, 3.8) is 0 Å². The third kappa shape index (κ3) is 3.53. The summed E-state index contributed by atoms with van der Waals surface area (Å²) in [5, 5.41) is 9.57. The van der Waals surface area contributed by atoms with Gasteiger partial charge in [-0.2, -0.15) is 0 Å². The summed E-state index contributed by atoms with van der Waals surface area (Å²) < 4.78 is 7.85. The minimum atomic E-state index is -0.146. The van der Waals surface area contributed by atoms with E-state index >= 15 is 0 Å². The van der Waals surface area contributed by atoms with Crippen LogP contribution in [0.25, 0.3) is 11.0 Å². The molecule has 6 nitrogen and oxygen atoms in total. The van der Waals surface area contributed by atoms with Gasteiger partial charge in [0.2, 0.25) is 5.91 Å². The van der Waals surface area contributed by atoms with Crippen LogP contribution in [-0.4, -0.2) is 45.2 Å². The average molecular weight is 365 g/mol. The molecular formula is C21H23N3O3. The number of aryl methyl sites for hydroxylation is 1. The summed E-state index contributed by atoms with van der Waals surface area (Å²) in [6.07, 6.45) is 1.18. The number of carbonyl (C=O) groups is 1. The molecule has 4 rings (SSSR count). The van der Waals surface area contributed by atoms with Gasteiger partial charge in [-0.15, -0.1) is 0 Å². The number of carbonyl (C=O) groups excluding carboxylic acids is 1. The lowest BCUT2D eigenvalue weighted by atomic mass is 10.1. The van der Waals surface area contributed by atoms with Gasteiger partial charge >= 0.3 is 0 Å². The smallest absolute Gasteiger partial charge is 0.224 e. The highest BCUT2D eigenvalue weighted by atomic mass is 16.5. The molecule has 0 bridgehead atoms. The van der Waals surface area contributed by atoms with Crippen molar-refractivity contribution in [2.45, 2.75) is 32.1 Å². The first-order valence-electron chi connectivity index (χ1n) is 9.19. The van der Waals surface area contributed by atoms with Crippen LogP contribution < -0.4 is 4.74 Å². The van der Waals surface area contributed by atoms with E-state index in [-0.39, 0.29) is 18.6 Å². The van der Waals surface area contributed by atoms with Gasteiger partial charge in [-0.05, 0) is 23.8 Å². The van der Waals surface area contributed by atoms with Crippen molar-refractivity contribution in [2.24, 2.45) is 0 Å². The van der Waals surface area contributed by atoms with E-state index in [0.717, 1.165) is 23.2 Å². The monoisotopic (exact) mass is 365 g/mol. The number of hydrogen-bond acceptors (Lipinski definition) is 4. The third-order valence-corrected chi connectivity index (χ3v) is 5.04. The van der Waals surface area contributed by atoms with Crippen LogP contribution >= 0.6 is 0 Å². The van der Waals surface area contributed by atoms with Crippen LogP contribution in [0, 0.1) is 0 Å². The number of para-hydroxylation sites is 3. The number of likely N-dealkylation sites (N-methyl/N-ethyl adjacent to an activating group) is 1. The fraction of sp³-hybridized carbons (Fsp3) is 0.333. The molecule has 0 spiro atoms. The van der Waals surface area contributed by atoms with Crippen LogP contribution in [0.2, 0.25) is 0 Å². The van der Waals surface area contributed by atoms with Crippen LogP contribution in [0.4, 0.5) is 0 Å². The van der Waals surface area contributed by atoms with Gasteiger partial charge in [0.05, 0.1) is 17.6 Å². The Balaban J connectivity index is 1.37. The van der Waals surface area contributed by atoms with E-state index in [2.05, 4.69) is 11.1 Å². The number of nitrogens with zero attached hydrogens (tertiary/aromatic N) is 3. The molecule has 0 fully saturated rings. The van der Waals surface area contributed by atoms with Gasteiger partial charge in [-0.1, -0.05) is 30.3 Å². The molecule has 0 unspecified atom stereocenters. The van der Waals surface area contributed by atoms with E-state index in [4.69, 9.17) is 4.74 Å². The number of ether oxygens (including phenoxy) is 1. The van der Waals surface area contributed by atoms with Crippen molar-refractivity contribution >= 4 is 16.9 Å². The van der Waals surface area contributed by atoms with E-state index in [1.54, 1.807) is 4.90 Å².